The Balaban J connectivity index is 1.42. The van der Waals surface area contributed by atoms with Crippen LogP contribution in [0.25, 0.3) is 22.0 Å². The van der Waals surface area contributed by atoms with Crippen LogP contribution in [-0.4, -0.2) is 72.6 Å². The van der Waals surface area contributed by atoms with Gasteiger partial charge in [-0.15, -0.1) is 0 Å². The minimum atomic E-state index is 0.563. The van der Waals surface area contributed by atoms with Crippen LogP contribution in [0, 0.1) is 0 Å². The maximum atomic E-state index is 4.91. The summed E-state index contributed by atoms with van der Waals surface area (Å²) < 4.78 is 0. The number of hydrogen-bond donors (Lipinski definition) is 0. The molecule has 0 unspecified atom stereocenters. The molecule has 0 spiro atoms. The maximum absolute atomic E-state index is 4.91. The summed E-state index contributed by atoms with van der Waals surface area (Å²) in [4.78, 5) is 16.8. The molecule has 30 heavy (non-hydrogen) atoms. The first-order valence-electron chi connectivity index (χ1n) is 11.1. The molecule has 5 nitrogen and oxygen atoms in total. The average Bonchev–Trinajstić information content (AvgIpc) is 3.28. The topological polar surface area (TPSA) is 35.5 Å². The number of benzene rings is 2. The highest BCUT2D eigenvalue weighted by molar-refractivity contribution is 5.86. The Labute approximate surface area is 180 Å². The number of rotatable bonds is 8. The van der Waals surface area contributed by atoms with Crippen LogP contribution in [0.15, 0.2) is 54.7 Å². The number of nitrogens with zero attached hydrogens (tertiary/aromatic N) is 5. The van der Waals surface area contributed by atoms with E-state index in [-0.39, 0.29) is 0 Å². The number of fused-ring (bicyclic) bond motifs is 1. The predicted molar refractivity (Wildman–Crippen MR) is 126 cm³/mol. The highest BCUT2D eigenvalue weighted by atomic mass is 15.3. The molecule has 0 radical (unpaired) electrons. The average molecular weight is 404 g/mol. The number of likely N-dealkylation sites (N-methyl/N-ethyl adjacent to an activating group) is 2. The monoisotopic (exact) mass is 403 g/mol. The van der Waals surface area contributed by atoms with Gasteiger partial charge in [0.05, 0.1) is 5.69 Å². The zero-order valence-electron chi connectivity index (χ0n) is 18.5. The summed E-state index contributed by atoms with van der Waals surface area (Å²) in [7, 11) is 4.46. The van der Waals surface area contributed by atoms with E-state index < -0.39 is 0 Å². The van der Waals surface area contributed by atoms with Crippen LogP contribution in [0.4, 0.5) is 5.95 Å². The lowest BCUT2D eigenvalue weighted by Crippen LogP contribution is -2.39. The van der Waals surface area contributed by atoms with E-state index in [2.05, 4.69) is 83.2 Å². The molecule has 1 aromatic heterocycles. The molecule has 1 aliphatic rings. The van der Waals surface area contributed by atoms with Crippen LogP contribution < -0.4 is 4.90 Å². The maximum Gasteiger partial charge on any atom is 0.225 e. The molecule has 2 aromatic carbocycles. The van der Waals surface area contributed by atoms with Gasteiger partial charge in [-0.3, -0.25) is 0 Å². The Morgan fingerprint density at radius 2 is 1.83 bits per heavy atom. The van der Waals surface area contributed by atoms with Crippen molar-refractivity contribution in [2.75, 3.05) is 51.7 Å². The predicted octanol–water partition coefficient (Wildman–Crippen LogP) is 4.15. The summed E-state index contributed by atoms with van der Waals surface area (Å²) in [5.74, 6) is 0.847. The van der Waals surface area contributed by atoms with Crippen LogP contribution in [-0.2, 0) is 0 Å². The fourth-order valence-corrected chi connectivity index (χ4v) is 4.30. The van der Waals surface area contributed by atoms with Crippen molar-refractivity contribution < 1.29 is 0 Å². The SMILES string of the molecule is CCCN(C)CCN(C)[C@@H]1CCN(c2nccc(-c3ccc4ccccc4c3)n2)C1. The van der Waals surface area contributed by atoms with E-state index in [1.165, 1.54) is 23.7 Å². The Morgan fingerprint density at radius 3 is 2.67 bits per heavy atom. The van der Waals surface area contributed by atoms with Crippen LogP contribution in [0.1, 0.15) is 19.8 Å². The van der Waals surface area contributed by atoms with Crippen LogP contribution in [0.2, 0.25) is 0 Å². The first-order valence-corrected chi connectivity index (χ1v) is 11.1. The van der Waals surface area contributed by atoms with E-state index in [4.69, 9.17) is 4.98 Å². The van der Waals surface area contributed by atoms with Gasteiger partial charge in [0.2, 0.25) is 5.95 Å². The van der Waals surface area contributed by atoms with Crippen molar-refractivity contribution >= 4 is 16.7 Å². The molecular weight excluding hydrogens is 370 g/mol. The second-order valence-corrected chi connectivity index (χ2v) is 8.48. The molecule has 0 saturated carbocycles. The van der Waals surface area contributed by atoms with E-state index >= 15 is 0 Å². The van der Waals surface area contributed by atoms with Crippen molar-refractivity contribution in [3.05, 3.63) is 54.7 Å². The van der Waals surface area contributed by atoms with E-state index in [0.29, 0.717) is 6.04 Å². The summed E-state index contributed by atoms with van der Waals surface area (Å²) in [6, 6.07) is 17.6. The van der Waals surface area contributed by atoms with Gasteiger partial charge in [0, 0.05) is 44.0 Å². The van der Waals surface area contributed by atoms with Crippen molar-refractivity contribution in [3.63, 3.8) is 0 Å². The molecule has 158 valence electrons. The first-order chi connectivity index (χ1) is 14.6. The van der Waals surface area contributed by atoms with Gasteiger partial charge in [-0.05, 0) is 56.4 Å². The Kier molecular flexibility index (Phi) is 6.60. The highest BCUT2D eigenvalue weighted by Crippen LogP contribution is 2.25. The quantitative estimate of drug-likeness (QED) is 0.565. The number of aromatic nitrogens is 2. The van der Waals surface area contributed by atoms with E-state index in [1.807, 2.05) is 12.3 Å². The molecule has 1 fully saturated rings. The van der Waals surface area contributed by atoms with Crippen molar-refractivity contribution in [1.82, 2.24) is 19.8 Å². The molecule has 0 amide bonds. The lowest BCUT2D eigenvalue weighted by Gasteiger charge is -2.27. The van der Waals surface area contributed by atoms with Gasteiger partial charge in [-0.25, -0.2) is 9.97 Å². The summed E-state index contributed by atoms with van der Waals surface area (Å²) in [6.07, 6.45) is 4.27. The largest absolute Gasteiger partial charge is 0.339 e. The van der Waals surface area contributed by atoms with Gasteiger partial charge in [0.15, 0.2) is 0 Å². The van der Waals surface area contributed by atoms with E-state index in [1.54, 1.807) is 0 Å². The molecule has 1 saturated heterocycles. The Hall–Kier alpha value is -2.50. The van der Waals surface area contributed by atoms with Gasteiger partial charge in [-0.2, -0.15) is 0 Å². The second kappa shape index (κ2) is 9.54. The minimum Gasteiger partial charge on any atom is -0.339 e. The smallest absolute Gasteiger partial charge is 0.225 e. The fraction of sp³-hybridized carbons (Fsp3) is 0.440. The van der Waals surface area contributed by atoms with Crippen molar-refractivity contribution in [2.45, 2.75) is 25.8 Å². The van der Waals surface area contributed by atoms with Gasteiger partial charge in [0.1, 0.15) is 0 Å². The van der Waals surface area contributed by atoms with Gasteiger partial charge < -0.3 is 14.7 Å². The standard InChI is InChI=1S/C25H33N5/c1-4-14-28(2)16-17-29(3)23-12-15-30(19-23)25-26-13-11-24(27-25)22-10-9-20-7-5-6-8-21(20)18-22/h5-11,13,18,23H,4,12,14-17,19H2,1-3H3/t23-/m1/s1. The van der Waals surface area contributed by atoms with Gasteiger partial charge in [0.25, 0.3) is 0 Å². The lowest BCUT2D eigenvalue weighted by atomic mass is 10.1. The van der Waals surface area contributed by atoms with Crippen LogP contribution >= 0.6 is 0 Å². The van der Waals surface area contributed by atoms with Gasteiger partial charge >= 0.3 is 0 Å². The zero-order chi connectivity index (χ0) is 20.9. The molecule has 1 atom stereocenters. The summed E-state index contributed by atoms with van der Waals surface area (Å²) >= 11 is 0. The Bertz CT molecular complexity index is 972. The third kappa shape index (κ3) is 4.79. The zero-order valence-corrected chi connectivity index (χ0v) is 18.5. The van der Waals surface area contributed by atoms with Crippen LogP contribution in [0.3, 0.4) is 0 Å². The summed E-state index contributed by atoms with van der Waals surface area (Å²) in [5.41, 5.74) is 2.13. The highest BCUT2D eigenvalue weighted by Gasteiger charge is 2.27. The van der Waals surface area contributed by atoms with Crippen molar-refractivity contribution in [1.29, 1.82) is 0 Å². The summed E-state index contributed by atoms with van der Waals surface area (Å²) in [6.45, 7) is 7.64. The van der Waals surface area contributed by atoms with Gasteiger partial charge in [-0.1, -0.05) is 43.3 Å². The third-order valence-electron chi connectivity index (χ3n) is 6.20. The normalized spacial score (nSPS) is 16.8. The minimum absolute atomic E-state index is 0.563. The molecule has 3 aromatic rings. The van der Waals surface area contributed by atoms with E-state index in [0.717, 1.165) is 49.8 Å². The number of anilines is 1. The molecule has 1 aliphatic heterocycles. The fourth-order valence-electron chi connectivity index (χ4n) is 4.30. The van der Waals surface area contributed by atoms with Crippen LogP contribution in [0.5, 0.6) is 0 Å². The third-order valence-corrected chi connectivity index (χ3v) is 6.20. The molecule has 0 aliphatic carbocycles. The molecule has 4 rings (SSSR count). The van der Waals surface area contributed by atoms with Crippen molar-refractivity contribution in [2.24, 2.45) is 0 Å². The van der Waals surface area contributed by atoms with Crippen molar-refractivity contribution in [3.8, 4) is 11.3 Å². The molecule has 5 heteroatoms. The van der Waals surface area contributed by atoms with E-state index in [9.17, 15) is 0 Å². The lowest BCUT2D eigenvalue weighted by molar-refractivity contribution is 0.215. The molecule has 2 heterocycles. The Morgan fingerprint density at radius 1 is 1.00 bits per heavy atom. The second-order valence-electron chi connectivity index (χ2n) is 8.48. The molecule has 0 N–H and O–H groups in total. The first kappa shape index (κ1) is 20.8. The number of hydrogen-bond acceptors (Lipinski definition) is 5. The molecule has 0 bridgehead atoms. The summed E-state index contributed by atoms with van der Waals surface area (Å²) in [5, 5.41) is 2.50. The molecular formula is C25H33N5.